The van der Waals surface area contributed by atoms with Crippen LogP contribution in [0.15, 0.2) is 29.7 Å². The largest absolute Gasteiger partial charge is 0.470 e. The summed E-state index contributed by atoms with van der Waals surface area (Å²) >= 11 is 0. The number of piperidine rings is 2. The van der Waals surface area contributed by atoms with Crippen molar-refractivity contribution in [3.05, 3.63) is 24.6 Å². The van der Waals surface area contributed by atoms with Crippen LogP contribution < -0.4 is 0 Å². The highest BCUT2D eigenvalue weighted by atomic mass is 16.7. The monoisotopic (exact) mass is 391 g/mol. The number of allylic oxidation sites excluding steroid dienone is 2. The van der Waals surface area contributed by atoms with Crippen molar-refractivity contribution >= 4 is 5.90 Å². The van der Waals surface area contributed by atoms with E-state index in [1.54, 1.807) is 0 Å². The molecule has 3 aliphatic rings. The highest BCUT2D eigenvalue weighted by Gasteiger charge is 2.32. The lowest BCUT2D eigenvalue weighted by Crippen LogP contribution is -2.43. The minimum absolute atomic E-state index is 0.111. The molecule has 3 aliphatic heterocycles. The molecule has 3 rings (SSSR count). The molecule has 28 heavy (non-hydrogen) atoms. The lowest BCUT2D eigenvalue weighted by Gasteiger charge is -2.37. The summed E-state index contributed by atoms with van der Waals surface area (Å²) in [5, 5.41) is 4.29. The first kappa shape index (κ1) is 22.8. The Morgan fingerprint density at radius 1 is 1.21 bits per heavy atom. The van der Waals surface area contributed by atoms with Gasteiger partial charge in [-0.1, -0.05) is 58.3 Å². The summed E-state index contributed by atoms with van der Waals surface area (Å²) in [5.74, 6) is 1.69. The summed E-state index contributed by atoms with van der Waals surface area (Å²) in [5.41, 5.74) is 1.34. The molecule has 3 unspecified atom stereocenters. The van der Waals surface area contributed by atoms with Gasteiger partial charge in [0.1, 0.15) is 6.10 Å². The van der Waals surface area contributed by atoms with Crippen LogP contribution in [0.4, 0.5) is 0 Å². The predicted octanol–water partition coefficient (Wildman–Crippen LogP) is 5.01. The molecule has 0 saturated carbocycles. The molecule has 0 aromatic rings. The topological polar surface area (TPSA) is 37.3 Å². The lowest BCUT2D eigenvalue weighted by atomic mass is 9.92. The zero-order valence-corrected chi connectivity index (χ0v) is 18.5. The number of rotatable bonds is 6. The minimum Gasteiger partial charge on any atom is -0.470 e. The van der Waals surface area contributed by atoms with Crippen LogP contribution >= 0.6 is 0 Å². The van der Waals surface area contributed by atoms with E-state index in [2.05, 4.69) is 41.5 Å². The van der Waals surface area contributed by atoms with Crippen molar-refractivity contribution in [2.45, 2.75) is 72.3 Å². The smallest absolute Gasteiger partial charge is 0.229 e. The average molecular weight is 392 g/mol. The molecule has 160 valence electrons. The van der Waals surface area contributed by atoms with Gasteiger partial charge in [0, 0.05) is 24.7 Å². The summed E-state index contributed by atoms with van der Waals surface area (Å²) < 4.78 is 6.29. The maximum Gasteiger partial charge on any atom is 0.229 e. The van der Waals surface area contributed by atoms with Crippen LogP contribution in [-0.2, 0) is 9.57 Å². The van der Waals surface area contributed by atoms with Crippen molar-refractivity contribution in [1.29, 1.82) is 0 Å². The van der Waals surface area contributed by atoms with Crippen molar-refractivity contribution in [3.8, 4) is 0 Å². The first-order chi connectivity index (χ1) is 13.7. The summed E-state index contributed by atoms with van der Waals surface area (Å²) in [6.45, 7) is 17.3. The molecule has 5 nitrogen and oxygen atoms in total. The summed E-state index contributed by atoms with van der Waals surface area (Å²) in [7, 11) is 0. The second-order valence-electron chi connectivity index (χ2n) is 7.94. The van der Waals surface area contributed by atoms with Crippen molar-refractivity contribution in [1.82, 2.24) is 9.80 Å². The fraction of sp³-hybridized carbons (Fsp3) is 0.783. The van der Waals surface area contributed by atoms with Crippen LogP contribution in [-0.4, -0.2) is 54.6 Å². The van der Waals surface area contributed by atoms with Gasteiger partial charge in [0.15, 0.2) is 6.61 Å². The van der Waals surface area contributed by atoms with Gasteiger partial charge in [0.25, 0.3) is 0 Å². The summed E-state index contributed by atoms with van der Waals surface area (Å²) in [4.78, 5) is 10.3. The van der Waals surface area contributed by atoms with Gasteiger partial charge in [-0.05, 0) is 50.9 Å². The Morgan fingerprint density at radius 3 is 2.64 bits per heavy atom. The summed E-state index contributed by atoms with van der Waals surface area (Å²) in [6.07, 6.45) is 11.5. The van der Waals surface area contributed by atoms with Crippen molar-refractivity contribution in [3.63, 3.8) is 0 Å². The third-order valence-corrected chi connectivity index (χ3v) is 5.85. The molecule has 5 heteroatoms. The van der Waals surface area contributed by atoms with Gasteiger partial charge in [-0.2, -0.15) is 0 Å². The fourth-order valence-electron chi connectivity index (χ4n) is 4.04. The Kier molecular flexibility index (Phi) is 9.89. The molecule has 0 N–H and O–H groups in total. The molecule has 3 heterocycles. The van der Waals surface area contributed by atoms with Gasteiger partial charge in [0.2, 0.25) is 5.90 Å². The van der Waals surface area contributed by atoms with Crippen molar-refractivity contribution in [2.24, 2.45) is 17.0 Å². The van der Waals surface area contributed by atoms with Crippen LogP contribution in [0.1, 0.15) is 66.2 Å². The Hall–Kier alpha value is -1.49. The third kappa shape index (κ3) is 6.54. The Balaban J connectivity index is 0.00000136. The van der Waals surface area contributed by atoms with Crippen LogP contribution in [0.2, 0.25) is 0 Å². The normalized spacial score (nSPS) is 28.4. The van der Waals surface area contributed by atoms with E-state index in [-0.39, 0.29) is 6.10 Å². The first-order valence-electron chi connectivity index (χ1n) is 11.4. The maximum atomic E-state index is 6.29. The van der Waals surface area contributed by atoms with E-state index in [1.807, 2.05) is 20.0 Å². The van der Waals surface area contributed by atoms with E-state index in [1.165, 1.54) is 38.0 Å². The molecular formula is C23H41N3O2. The second-order valence-corrected chi connectivity index (χ2v) is 7.94. The Labute approximate surface area is 172 Å². The van der Waals surface area contributed by atoms with Crippen LogP contribution in [0.5, 0.6) is 0 Å². The quantitative estimate of drug-likeness (QED) is 0.637. The predicted molar refractivity (Wildman–Crippen MR) is 117 cm³/mol. The molecule has 0 aliphatic carbocycles. The minimum atomic E-state index is 0.111. The van der Waals surface area contributed by atoms with Crippen LogP contribution in [0, 0.1) is 11.8 Å². The van der Waals surface area contributed by atoms with Crippen LogP contribution in [0.3, 0.4) is 0 Å². The van der Waals surface area contributed by atoms with Crippen molar-refractivity contribution in [2.75, 3.05) is 32.8 Å². The molecule has 0 amide bonds. The Bertz CT molecular complexity index is 526. The van der Waals surface area contributed by atoms with E-state index in [9.17, 15) is 0 Å². The zero-order chi connectivity index (χ0) is 20.4. The number of hydrogen-bond donors (Lipinski definition) is 0. The second kappa shape index (κ2) is 12.2. The number of likely N-dealkylation sites (tertiary alicyclic amines) is 2. The Morgan fingerprint density at radius 2 is 1.96 bits per heavy atom. The van der Waals surface area contributed by atoms with Gasteiger partial charge in [-0.25, -0.2) is 0 Å². The maximum absolute atomic E-state index is 6.29. The molecule has 0 spiro atoms. The van der Waals surface area contributed by atoms with Gasteiger partial charge in [-0.15, -0.1) is 0 Å². The zero-order valence-electron chi connectivity index (χ0n) is 18.5. The van der Waals surface area contributed by atoms with Crippen molar-refractivity contribution < 1.29 is 9.57 Å². The number of nitrogens with zero attached hydrogens (tertiary/aromatic N) is 3. The van der Waals surface area contributed by atoms with E-state index in [0.29, 0.717) is 18.4 Å². The molecule has 2 saturated heterocycles. The molecule has 3 atom stereocenters. The molecule has 0 aromatic carbocycles. The lowest BCUT2D eigenvalue weighted by molar-refractivity contribution is -0.0164. The summed E-state index contributed by atoms with van der Waals surface area (Å²) in [6, 6.07) is 0. The molecule has 0 bridgehead atoms. The third-order valence-electron chi connectivity index (χ3n) is 5.85. The molecule has 0 aromatic heterocycles. The SMILES string of the molecule is C=CN1CCC(C2=NOCC(CN3CCCCC3)O2)C/C1=C/C(C)CC.CC. The van der Waals surface area contributed by atoms with E-state index < -0.39 is 0 Å². The van der Waals surface area contributed by atoms with Crippen LogP contribution in [0.25, 0.3) is 0 Å². The number of hydrogen-bond acceptors (Lipinski definition) is 5. The van der Waals surface area contributed by atoms with E-state index in [0.717, 1.165) is 38.2 Å². The van der Waals surface area contributed by atoms with E-state index >= 15 is 0 Å². The average Bonchev–Trinajstić information content (AvgIpc) is 2.76. The van der Waals surface area contributed by atoms with Gasteiger partial charge in [0.05, 0.1) is 0 Å². The van der Waals surface area contributed by atoms with Gasteiger partial charge >= 0.3 is 0 Å². The standard InChI is InChI=1S/C21H35N3O2.C2H6/c1-4-17(3)13-19-14-18(9-12-24(19)5-2)21-22-25-16-20(26-21)15-23-10-7-6-8-11-23;1-2/h5,13,17-18,20H,2,4,6-12,14-16H2,1,3H3;1-2H3/b19-13-;. The number of ether oxygens (including phenoxy) is 1. The fourth-order valence-corrected chi connectivity index (χ4v) is 4.04. The van der Waals surface area contributed by atoms with E-state index in [4.69, 9.17) is 9.57 Å². The number of oxime groups is 1. The molecule has 0 radical (unpaired) electrons. The highest BCUT2D eigenvalue weighted by molar-refractivity contribution is 5.79. The van der Waals surface area contributed by atoms with Gasteiger partial charge in [-0.3, -0.25) is 4.90 Å². The van der Waals surface area contributed by atoms with Gasteiger partial charge < -0.3 is 14.5 Å². The highest BCUT2D eigenvalue weighted by Crippen LogP contribution is 2.30. The molecule has 2 fully saturated rings. The molecular weight excluding hydrogens is 350 g/mol. The first-order valence-corrected chi connectivity index (χ1v) is 11.4.